The van der Waals surface area contributed by atoms with Crippen molar-refractivity contribution in [3.8, 4) is 11.4 Å². The van der Waals surface area contributed by atoms with Gasteiger partial charge >= 0.3 is 0 Å². The van der Waals surface area contributed by atoms with Gasteiger partial charge in [-0.05, 0) is 17.5 Å². The second kappa shape index (κ2) is 4.86. The highest BCUT2D eigenvalue weighted by molar-refractivity contribution is 5.52. The van der Waals surface area contributed by atoms with Gasteiger partial charge in [0.15, 0.2) is 0 Å². The van der Waals surface area contributed by atoms with Gasteiger partial charge in [-0.15, -0.1) is 0 Å². The van der Waals surface area contributed by atoms with Crippen LogP contribution in [0.15, 0.2) is 29.0 Å². The zero-order valence-corrected chi connectivity index (χ0v) is 10.8. The molecular formula is C13H17N3O2. The van der Waals surface area contributed by atoms with Crippen LogP contribution < -0.4 is 0 Å². The van der Waals surface area contributed by atoms with Gasteiger partial charge in [0.25, 0.3) is 0 Å². The van der Waals surface area contributed by atoms with Crippen LogP contribution in [0.1, 0.15) is 26.7 Å². The lowest BCUT2D eigenvalue weighted by Gasteiger charge is -2.24. The van der Waals surface area contributed by atoms with Gasteiger partial charge in [0.1, 0.15) is 0 Å². The molecule has 1 atom stereocenters. The molecule has 1 N–H and O–H groups in total. The summed E-state index contributed by atoms with van der Waals surface area (Å²) in [6, 6.07) is 3.63. The molecule has 2 heterocycles. The van der Waals surface area contributed by atoms with E-state index in [1.165, 1.54) is 0 Å². The molecule has 0 spiro atoms. The third kappa shape index (κ3) is 2.92. The normalized spacial score (nSPS) is 13.6. The molecule has 0 radical (unpaired) electrons. The van der Waals surface area contributed by atoms with Gasteiger partial charge in [0.05, 0.1) is 12.5 Å². The van der Waals surface area contributed by atoms with Crippen molar-refractivity contribution >= 4 is 0 Å². The summed E-state index contributed by atoms with van der Waals surface area (Å²) >= 11 is 0. The van der Waals surface area contributed by atoms with Crippen molar-refractivity contribution in [2.24, 2.45) is 5.41 Å². The zero-order chi connectivity index (χ0) is 13.2. The summed E-state index contributed by atoms with van der Waals surface area (Å²) in [5, 5.41) is 13.9. The van der Waals surface area contributed by atoms with Gasteiger partial charge in [0, 0.05) is 18.0 Å². The minimum Gasteiger partial charge on any atom is -0.392 e. The summed E-state index contributed by atoms with van der Waals surface area (Å²) in [6.07, 6.45) is 3.20. The Labute approximate surface area is 106 Å². The summed E-state index contributed by atoms with van der Waals surface area (Å²) in [7, 11) is 0. The van der Waals surface area contributed by atoms with E-state index in [0.29, 0.717) is 18.1 Å². The van der Waals surface area contributed by atoms with E-state index in [1.54, 1.807) is 12.4 Å². The number of aliphatic hydroxyl groups excluding tert-OH is 1. The third-order valence-electron chi connectivity index (χ3n) is 2.77. The summed E-state index contributed by atoms with van der Waals surface area (Å²) in [4.78, 5) is 8.20. The van der Waals surface area contributed by atoms with Crippen LogP contribution in [0.3, 0.4) is 0 Å². The Morgan fingerprint density at radius 2 is 1.94 bits per heavy atom. The van der Waals surface area contributed by atoms with Gasteiger partial charge in [-0.1, -0.05) is 25.9 Å². The Morgan fingerprint density at radius 3 is 2.56 bits per heavy atom. The maximum Gasteiger partial charge on any atom is 0.229 e. The minimum absolute atomic E-state index is 0.203. The molecule has 5 heteroatoms. The third-order valence-corrected chi connectivity index (χ3v) is 2.77. The van der Waals surface area contributed by atoms with E-state index in [-0.39, 0.29) is 5.41 Å². The molecule has 0 aliphatic heterocycles. The molecule has 1 unspecified atom stereocenters. The molecule has 5 nitrogen and oxygen atoms in total. The van der Waals surface area contributed by atoms with Gasteiger partial charge < -0.3 is 9.63 Å². The van der Waals surface area contributed by atoms with Crippen LogP contribution in [0.2, 0.25) is 0 Å². The van der Waals surface area contributed by atoms with E-state index in [2.05, 4.69) is 15.1 Å². The first-order valence-corrected chi connectivity index (χ1v) is 5.88. The molecule has 0 aliphatic rings. The van der Waals surface area contributed by atoms with E-state index >= 15 is 0 Å². The van der Waals surface area contributed by atoms with Gasteiger partial charge in [0.2, 0.25) is 11.7 Å². The lowest BCUT2D eigenvalue weighted by molar-refractivity contribution is 0.0565. The molecule has 96 valence electrons. The van der Waals surface area contributed by atoms with E-state index in [0.717, 1.165) is 5.56 Å². The Hall–Kier alpha value is -1.75. The maximum absolute atomic E-state index is 9.98. The fraction of sp³-hybridized carbons (Fsp3) is 0.462. The lowest BCUT2D eigenvalue weighted by atomic mass is 9.87. The molecule has 0 aromatic carbocycles. The molecule has 0 bridgehead atoms. The molecule has 18 heavy (non-hydrogen) atoms. The van der Waals surface area contributed by atoms with Crippen LogP contribution in [-0.4, -0.2) is 26.3 Å². The number of nitrogens with zero attached hydrogens (tertiary/aromatic N) is 3. The first-order chi connectivity index (χ1) is 8.47. The molecule has 0 fully saturated rings. The zero-order valence-electron chi connectivity index (χ0n) is 10.8. The van der Waals surface area contributed by atoms with E-state index in [1.807, 2.05) is 32.9 Å². The predicted molar refractivity (Wildman–Crippen MR) is 66.7 cm³/mol. The van der Waals surface area contributed by atoms with Crippen LogP contribution in [0.25, 0.3) is 11.4 Å². The Bertz CT molecular complexity index is 502. The maximum atomic E-state index is 9.98. The second-order valence-corrected chi connectivity index (χ2v) is 5.33. The lowest BCUT2D eigenvalue weighted by Crippen LogP contribution is -2.28. The van der Waals surface area contributed by atoms with Crippen molar-refractivity contribution in [2.75, 3.05) is 0 Å². The molecule has 2 rings (SSSR count). The summed E-state index contributed by atoms with van der Waals surface area (Å²) in [5.74, 6) is 0.970. The number of rotatable bonds is 3. The van der Waals surface area contributed by atoms with Crippen molar-refractivity contribution in [2.45, 2.75) is 33.3 Å². The fourth-order valence-electron chi connectivity index (χ4n) is 1.43. The standard InChI is InChI=1S/C13H17N3O2/c1-13(2,3)10(17)8-11-15-12(16-18-11)9-4-6-14-7-5-9/h4-7,10,17H,8H2,1-3H3. The molecular weight excluding hydrogens is 230 g/mol. The number of hydrogen-bond acceptors (Lipinski definition) is 5. The number of aliphatic hydroxyl groups is 1. The number of pyridine rings is 1. The average molecular weight is 247 g/mol. The monoisotopic (exact) mass is 247 g/mol. The summed E-state index contributed by atoms with van der Waals surface area (Å²) < 4.78 is 5.14. The van der Waals surface area contributed by atoms with Crippen LogP contribution in [0.4, 0.5) is 0 Å². The highest BCUT2D eigenvalue weighted by Crippen LogP contribution is 2.22. The molecule has 2 aromatic rings. The topological polar surface area (TPSA) is 72.0 Å². The van der Waals surface area contributed by atoms with E-state index in [9.17, 15) is 5.11 Å². The predicted octanol–water partition coefficient (Wildman–Crippen LogP) is 2.08. The summed E-state index contributed by atoms with van der Waals surface area (Å²) in [6.45, 7) is 5.91. The quantitative estimate of drug-likeness (QED) is 0.899. The van der Waals surface area contributed by atoms with Crippen LogP contribution in [0, 0.1) is 5.41 Å². The van der Waals surface area contributed by atoms with Crippen molar-refractivity contribution in [1.29, 1.82) is 0 Å². The molecule has 0 saturated carbocycles. The first-order valence-electron chi connectivity index (χ1n) is 5.88. The SMILES string of the molecule is CC(C)(C)C(O)Cc1nc(-c2ccncc2)no1. The fourth-order valence-corrected chi connectivity index (χ4v) is 1.43. The molecule has 0 aliphatic carbocycles. The number of hydrogen-bond donors (Lipinski definition) is 1. The van der Waals surface area contributed by atoms with Crippen LogP contribution in [-0.2, 0) is 6.42 Å². The Balaban J connectivity index is 2.12. The summed E-state index contributed by atoms with van der Waals surface area (Å²) in [5.41, 5.74) is 0.649. The smallest absolute Gasteiger partial charge is 0.229 e. The van der Waals surface area contributed by atoms with Crippen LogP contribution >= 0.6 is 0 Å². The van der Waals surface area contributed by atoms with Gasteiger partial charge in [-0.3, -0.25) is 4.98 Å². The van der Waals surface area contributed by atoms with Gasteiger partial charge in [-0.2, -0.15) is 4.98 Å². The average Bonchev–Trinajstić information content (AvgIpc) is 2.77. The molecule has 0 saturated heterocycles. The largest absolute Gasteiger partial charge is 0.392 e. The first kappa shape index (κ1) is 12.7. The van der Waals surface area contributed by atoms with Crippen molar-refractivity contribution in [1.82, 2.24) is 15.1 Å². The number of aromatic nitrogens is 3. The highest BCUT2D eigenvalue weighted by atomic mass is 16.5. The van der Waals surface area contributed by atoms with Crippen molar-refractivity contribution in [3.63, 3.8) is 0 Å². The Kier molecular flexibility index (Phi) is 3.43. The van der Waals surface area contributed by atoms with Crippen LogP contribution in [0.5, 0.6) is 0 Å². The van der Waals surface area contributed by atoms with E-state index < -0.39 is 6.10 Å². The minimum atomic E-state index is -0.511. The molecule has 0 amide bonds. The molecule has 2 aromatic heterocycles. The van der Waals surface area contributed by atoms with Gasteiger partial charge in [-0.25, -0.2) is 0 Å². The second-order valence-electron chi connectivity index (χ2n) is 5.33. The Morgan fingerprint density at radius 1 is 1.28 bits per heavy atom. The van der Waals surface area contributed by atoms with Crippen molar-refractivity contribution < 1.29 is 9.63 Å². The van der Waals surface area contributed by atoms with Crippen molar-refractivity contribution in [3.05, 3.63) is 30.4 Å². The van der Waals surface area contributed by atoms with E-state index in [4.69, 9.17) is 4.52 Å². The highest BCUT2D eigenvalue weighted by Gasteiger charge is 2.24.